The van der Waals surface area contributed by atoms with E-state index < -0.39 is 5.60 Å². The first kappa shape index (κ1) is 18.1. The van der Waals surface area contributed by atoms with E-state index in [9.17, 15) is 9.90 Å². The van der Waals surface area contributed by atoms with Gasteiger partial charge in [-0.3, -0.25) is 9.78 Å². The first-order valence-corrected chi connectivity index (χ1v) is 11.0. The number of rotatable bonds is 6. The summed E-state index contributed by atoms with van der Waals surface area (Å²) in [6.45, 7) is 2.95. The second-order valence-corrected chi connectivity index (χ2v) is 9.80. The van der Waals surface area contributed by atoms with Crippen LogP contribution in [0, 0.1) is 17.3 Å². The maximum atomic E-state index is 12.7. The van der Waals surface area contributed by atoms with Gasteiger partial charge in [-0.2, -0.15) is 0 Å². The second-order valence-electron chi connectivity index (χ2n) is 8.95. The van der Waals surface area contributed by atoms with Crippen molar-refractivity contribution < 1.29 is 9.90 Å². The lowest BCUT2D eigenvalue weighted by molar-refractivity contribution is -0.0216. The van der Waals surface area contributed by atoms with Crippen LogP contribution in [0.15, 0.2) is 29.8 Å². The number of aliphatic hydroxyl groups is 1. The third-order valence-corrected chi connectivity index (χ3v) is 7.57. The van der Waals surface area contributed by atoms with Gasteiger partial charge < -0.3 is 15.7 Å². The van der Waals surface area contributed by atoms with E-state index in [1.807, 2.05) is 23.6 Å². The third kappa shape index (κ3) is 3.10. The molecule has 2 bridgehead atoms. The molecule has 5 atom stereocenters. The molecule has 28 heavy (non-hydrogen) atoms. The van der Waals surface area contributed by atoms with Crippen molar-refractivity contribution in [3.63, 3.8) is 0 Å². The fourth-order valence-electron chi connectivity index (χ4n) is 5.87. The van der Waals surface area contributed by atoms with E-state index >= 15 is 0 Å². The van der Waals surface area contributed by atoms with Crippen molar-refractivity contribution in [3.05, 3.63) is 41.2 Å². The summed E-state index contributed by atoms with van der Waals surface area (Å²) in [6.07, 6.45) is 6.31. The zero-order valence-electron chi connectivity index (χ0n) is 16.0. The monoisotopic (exact) mass is 398 g/mol. The first-order valence-electron chi connectivity index (χ1n) is 10.1. The van der Waals surface area contributed by atoms with E-state index in [0.29, 0.717) is 17.5 Å². The molecule has 3 saturated carbocycles. The zero-order valence-corrected chi connectivity index (χ0v) is 16.8. The summed E-state index contributed by atoms with van der Waals surface area (Å²) in [4.78, 5) is 21.4. The van der Waals surface area contributed by atoms with Gasteiger partial charge >= 0.3 is 0 Å². The Morgan fingerprint density at radius 2 is 2.25 bits per heavy atom. The van der Waals surface area contributed by atoms with Crippen LogP contribution in [-0.2, 0) is 6.42 Å². The molecule has 6 nitrogen and oxygen atoms in total. The SMILES string of the molecule is CC1CC2(O)CC3C(NC(=O)c4csc(NCCc5ccccn5)n4)C3(C1)C2. The topological polar surface area (TPSA) is 87.1 Å². The Morgan fingerprint density at radius 3 is 3.07 bits per heavy atom. The Balaban J connectivity index is 1.16. The number of hydrogen-bond acceptors (Lipinski definition) is 6. The summed E-state index contributed by atoms with van der Waals surface area (Å²) in [6, 6.07) is 6.09. The molecule has 0 saturated heterocycles. The van der Waals surface area contributed by atoms with Gasteiger partial charge in [-0.1, -0.05) is 13.0 Å². The molecule has 3 fully saturated rings. The van der Waals surface area contributed by atoms with Crippen LogP contribution in [0.3, 0.4) is 0 Å². The number of amides is 1. The number of nitrogens with zero attached hydrogens (tertiary/aromatic N) is 2. The Bertz CT molecular complexity index is 888. The summed E-state index contributed by atoms with van der Waals surface area (Å²) in [7, 11) is 0. The van der Waals surface area contributed by atoms with E-state index in [1.165, 1.54) is 11.3 Å². The van der Waals surface area contributed by atoms with Gasteiger partial charge in [0, 0.05) is 36.3 Å². The number of aromatic nitrogens is 2. The first-order chi connectivity index (χ1) is 13.5. The molecule has 5 unspecified atom stereocenters. The standard InChI is InChI=1S/C21H26N4O2S/c1-13-8-20(27)10-15-17(21(15,9-13)12-20)25-18(26)16-11-28-19(24-16)23-7-5-14-4-2-3-6-22-14/h2-4,6,11,13,15,17,27H,5,7-10,12H2,1H3,(H,23,24)(H,25,26). The van der Waals surface area contributed by atoms with Crippen molar-refractivity contribution >= 4 is 22.4 Å². The summed E-state index contributed by atoms with van der Waals surface area (Å²) >= 11 is 1.45. The number of nitrogens with one attached hydrogen (secondary N) is 2. The summed E-state index contributed by atoms with van der Waals surface area (Å²) in [5.74, 6) is 0.866. The summed E-state index contributed by atoms with van der Waals surface area (Å²) in [5.41, 5.74) is 1.15. The zero-order chi connectivity index (χ0) is 19.4. The van der Waals surface area contributed by atoms with E-state index in [-0.39, 0.29) is 17.4 Å². The van der Waals surface area contributed by atoms with E-state index in [0.717, 1.165) is 49.5 Å². The molecule has 2 heterocycles. The minimum Gasteiger partial charge on any atom is -0.390 e. The molecule has 148 valence electrons. The number of carbonyl (C=O) groups excluding carboxylic acids is 1. The van der Waals surface area contributed by atoms with Gasteiger partial charge in [0.1, 0.15) is 5.69 Å². The lowest BCUT2D eigenvalue weighted by atomic mass is 9.74. The van der Waals surface area contributed by atoms with Crippen LogP contribution in [0.1, 0.15) is 48.8 Å². The highest BCUT2D eigenvalue weighted by Crippen LogP contribution is 2.72. The van der Waals surface area contributed by atoms with Crippen LogP contribution >= 0.6 is 11.3 Å². The lowest BCUT2D eigenvalue weighted by Gasteiger charge is -2.37. The van der Waals surface area contributed by atoms with Gasteiger partial charge in [-0.05, 0) is 55.1 Å². The summed E-state index contributed by atoms with van der Waals surface area (Å²) < 4.78 is 0. The minimum atomic E-state index is -0.491. The van der Waals surface area contributed by atoms with E-state index in [1.54, 1.807) is 6.20 Å². The number of hydrogen-bond donors (Lipinski definition) is 3. The van der Waals surface area contributed by atoms with E-state index in [2.05, 4.69) is 27.5 Å². The van der Waals surface area contributed by atoms with Crippen molar-refractivity contribution in [2.24, 2.45) is 17.3 Å². The average Bonchev–Trinajstić information content (AvgIpc) is 3.01. The highest BCUT2D eigenvalue weighted by Gasteiger charge is 2.74. The van der Waals surface area contributed by atoms with Crippen molar-refractivity contribution in [2.45, 2.75) is 50.7 Å². The van der Waals surface area contributed by atoms with Gasteiger partial charge in [0.25, 0.3) is 5.91 Å². The van der Waals surface area contributed by atoms with E-state index in [4.69, 9.17) is 0 Å². The highest BCUT2D eigenvalue weighted by molar-refractivity contribution is 7.13. The van der Waals surface area contributed by atoms with Crippen LogP contribution in [0.5, 0.6) is 0 Å². The molecule has 0 aliphatic heterocycles. The largest absolute Gasteiger partial charge is 0.390 e. The summed E-state index contributed by atoms with van der Waals surface area (Å²) in [5, 5.41) is 19.7. The lowest BCUT2D eigenvalue weighted by Crippen LogP contribution is -2.41. The van der Waals surface area contributed by atoms with Crippen molar-refractivity contribution in [1.29, 1.82) is 0 Å². The number of pyridine rings is 1. The van der Waals surface area contributed by atoms with Crippen molar-refractivity contribution in [1.82, 2.24) is 15.3 Å². The molecule has 2 aromatic heterocycles. The molecule has 7 heteroatoms. The number of fused-ring (bicyclic) bond motifs is 1. The molecule has 3 N–H and O–H groups in total. The fraction of sp³-hybridized carbons (Fsp3) is 0.571. The third-order valence-electron chi connectivity index (χ3n) is 6.77. The molecule has 1 spiro atoms. The van der Waals surface area contributed by atoms with Gasteiger partial charge in [-0.25, -0.2) is 4.98 Å². The fourth-order valence-corrected chi connectivity index (χ4v) is 6.59. The second kappa shape index (κ2) is 6.52. The predicted molar refractivity (Wildman–Crippen MR) is 108 cm³/mol. The number of thiazole rings is 1. The Morgan fingerprint density at radius 1 is 1.36 bits per heavy atom. The Hall–Kier alpha value is -1.99. The van der Waals surface area contributed by atoms with Gasteiger partial charge in [-0.15, -0.1) is 11.3 Å². The predicted octanol–water partition coefficient (Wildman–Crippen LogP) is 2.86. The molecule has 2 aromatic rings. The highest BCUT2D eigenvalue weighted by atomic mass is 32.1. The molecule has 1 amide bonds. The van der Waals surface area contributed by atoms with Crippen LogP contribution in [0.25, 0.3) is 0 Å². The van der Waals surface area contributed by atoms with Crippen molar-refractivity contribution in [3.8, 4) is 0 Å². The molecule has 0 radical (unpaired) electrons. The molecule has 3 aliphatic carbocycles. The Kier molecular flexibility index (Phi) is 4.21. The quantitative estimate of drug-likeness (QED) is 0.696. The number of anilines is 1. The molecule has 0 aromatic carbocycles. The van der Waals surface area contributed by atoms with Crippen LogP contribution in [0.2, 0.25) is 0 Å². The van der Waals surface area contributed by atoms with Gasteiger partial charge in [0.2, 0.25) is 0 Å². The normalized spacial score (nSPS) is 35.3. The maximum absolute atomic E-state index is 12.7. The van der Waals surface area contributed by atoms with Gasteiger partial charge in [0.15, 0.2) is 5.13 Å². The van der Waals surface area contributed by atoms with Crippen LogP contribution in [0.4, 0.5) is 5.13 Å². The molecule has 5 rings (SSSR count). The average molecular weight is 399 g/mol. The number of carbonyl (C=O) groups is 1. The van der Waals surface area contributed by atoms with Crippen LogP contribution < -0.4 is 10.6 Å². The van der Waals surface area contributed by atoms with Crippen molar-refractivity contribution in [2.75, 3.05) is 11.9 Å². The Labute approximate surface area is 168 Å². The maximum Gasteiger partial charge on any atom is 0.271 e. The smallest absolute Gasteiger partial charge is 0.271 e. The molecule has 3 aliphatic rings. The molecular weight excluding hydrogens is 372 g/mol. The van der Waals surface area contributed by atoms with Gasteiger partial charge in [0.05, 0.1) is 5.60 Å². The molecular formula is C21H26N4O2S. The minimum absolute atomic E-state index is 0.0930. The van der Waals surface area contributed by atoms with Crippen LogP contribution in [-0.4, -0.2) is 39.2 Å².